The van der Waals surface area contributed by atoms with Crippen molar-refractivity contribution in [2.24, 2.45) is 5.41 Å². The van der Waals surface area contributed by atoms with Crippen LogP contribution in [0, 0.1) is 5.41 Å². The molecule has 0 aromatic carbocycles. The first-order valence-corrected chi connectivity index (χ1v) is 8.01. The summed E-state index contributed by atoms with van der Waals surface area (Å²) < 4.78 is 31.1. The fourth-order valence-electron chi connectivity index (χ4n) is 1.33. The molecular weight excluding hydrogens is 271 g/mol. The maximum Gasteiger partial charge on any atom is 1.00 e. The van der Waals surface area contributed by atoms with Gasteiger partial charge in [0, 0.05) is 5.75 Å². The van der Waals surface area contributed by atoms with E-state index in [1.54, 1.807) is 0 Å². The number of hydrogen-bond acceptors (Lipinski definition) is 4. The summed E-state index contributed by atoms with van der Waals surface area (Å²) in [6.07, 6.45) is 2.29. The Labute approximate surface area is 147 Å². The van der Waals surface area contributed by atoms with Gasteiger partial charge >= 0.3 is 51.4 Å². The van der Waals surface area contributed by atoms with Crippen LogP contribution < -0.4 is 51.4 Å². The average molecular weight is 293 g/mol. The Balaban J connectivity index is 0. The molecule has 6 heteroatoms. The maximum atomic E-state index is 10.4. The van der Waals surface area contributed by atoms with Gasteiger partial charge in [-0.05, 0) is 29.8 Å². The van der Waals surface area contributed by atoms with Gasteiger partial charge < -0.3 is 4.55 Å². The summed E-state index contributed by atoms with van der Waals surface area (Å²) in [5, 5.41) is 0. The van der Waals surface area contributed by atoms with Crippen molar-refractivity contribution in [3.63, 3.8) is 0 Å². The summed E-state index contributed by atoms with van der Waals surface area (Å²) in [5.41, 5.74) is 0.243. The van der Waals surface area contributed by atoms with E-state index in [2.05, 4.69) is 20.8 Å². The molecule has 0 heterocycles. The quantitative estimate of drug-likeness (QED) is 0.343. The Morgan fingerprint density at radius 3 is 2.25 bits per heavy atom. The summed E-state index contributed by atoms with van der Waals surface area (Å²) >= 11 is 1.90. The molecule has 0 saturated carbocycles. The average Bonchev–Trinajstić information content (AvgIpc) is 2.08. The first kappa shape index (κ1) is 20.2. The molecule has 0 aliphatic carbocycles. The molecule has 0 aliphatic rings. The molecule has 0 aromatic heterocycles. The number of thioether (sulfide) groups is 1. The monoisotopic (exact) mass is 292 g/mol. The third kappa shape index (κ3) is 14.0. The van der Waals surface area contributed by atoms with Crippen LogP contribution in [0.5, 0.6) is 0 Å². The second-order valence-corrected chi connectivity index (χ2v) is 7.32. The third-order valence-electron chi connectivity index (χ3n) is 2.19. The first-order valence-electron chi connectivity index (χ1n) is 5.28. The molecule has 0 radical (unpaired) electrons. The van der Waals surface area contributed by atoms with Gasteiger partial charge in [-0.3, -0.25) is 0 Å². The van der Waals surface area contributed by atoms with E-state index in [0.717, 1.165) is 24.3 Å². The van der Waals surface area contributed by atoms with E-state index in [1.165, 1.54) is 0 Å². The molecule has 0 fully saturated rings. The third-order valence-corrected chi connectivity index (χ3v) is 4.38. The standard InChI is InChI=1S/C10H22O3S2.K/c1-4-14-9-10(2,3)7-5-6-8-15(11,12)13;/h4-9H2,1-3H3,(H,11,12,13);/q;+1/p-1. The second-order valence-electron chi connectivity index (χ2n) is 4.52. The van der Waals surface area contributed by atoms with Crippen LogP contribution in [-0.2, 0) is 10.1 Å². The zero-order valence-corrected chi connectivity index (χ0v) is 15.5. The van der Waals surface area contributed by atoms with Gasteiger partial charge in [0.05, 0.1) is 10.1 Å². The second kappa shape index (κ2) is 9.78. The summed E-state index contributed by atoms with van der Waals surface area (Å²) in [4.78, 5) is 0. The molecule has 0 rings (SSSR count). The van der Waals surface area contributed by atoms with Crippen LogP contribution in [0.3, 0.4) is 0 Å². The smallest absolute Gasteiger partial charge is 0.748 e. The van der Waals surface area contributed by atoms with Crippen molar-refractivity contribution in [1.29, 1.82) is 0 Å². The number of unbranched alkanes of at least 4 members (excludes halogenated alkanes) is 1. The number of hydrogen-bond donors (Lipinski definition) is 0. The Morgan fingerprint density at radius 1 is 1.25 bits per heavy atom. The molecule has 16 heavy (non-hydrogen) atoms. The van der Waals surface area contributed by atoms with Crippen molar-refractivity contribution < 1.29 is 64.4 Å². The van der Waals surface area contributed by atoms with Crippen LogP contribution in [0.15, 0.2) is 0 Å². The van der Waals surface area contributed by atoms with Gasteiger partial charge in [-0.2, -0.15) is 11.8 Å². The SMILES string of the molecule is CCSCC(C)(C)CCCCS(=O)(=O)[O-].[K+]. The van der Waals surface area contributed by atoms with Crippen molar-refractivity contribution in [3.05, 3.63) is 0 Å². The summed E-state index contributed by atoms with van der Waals surface area (Å²) in [5.74, 6) is 1.98. The van der Waals surface area contributed by atoms with Crippen LogP contribution in [0.1, 0.15) is 40.0 Å². The van der Waals surface area contributed by atoms with Gasteiger partial charge in [-0.25, -0.2) is 8.42 Å². The molecule has 0 atom stereocenters. The molecule has 3 nitrogen and oxygen atoms in total. The van der Waals surface area contributed by atoms with E-state index in [9.17, 15) is 13.0 Å². The normalized spacial score (nSPS) is 12.2. The minimum atomic E-state index is -4.01. The Kier molecular flexibility index (Phi) is 12.4. The van der Waals surface area contributed by atoms with E-state index in [1.807, 2.05) is 11.8 Å². The molecular formula is C10H21KO3S2. The van der Waals surface area contributed by atoms with Crippen LogP contribution in [0.25, 0.3) is 0 Å². The van der Waals surface area contributed by atoms with Crippen molar-refractivity contribution >= 4 is 21.9 Å². The maximum absolute atomic E-state index is 10.4. The van der Waals surface area contributed by atoms with Gasteiger partial charge in [0.1, 0.15) is 0 Å². The van der Waals surface area contributed by atoms with Crippen LogP contribution >= 0.6 is 11.8 Å². The van der Waals surface area contributed by atoms with Crippen molar-refractivity contribution in [1.82, 2.24) is 0 Å². The van der Waals surface area contributed by atoms with Crippen LogP contribution in [-0.4, -0.2) is 30.2 Å². The van der Waals surface area contributed by atoms with Gasteiger partial charge in [0.15, 0.2) is 0 Å². The molecule has 0 saturated heterocycles. The first-order chi connectivity index (χ1) is 6.77. The Bertz CT molecular complexity index is 263. The van der Waals surface area contributed by atoms with Gasteiger partial charge in [-0.15, -0.1) is 0 Å². The van der Waals surface area contributed by atoms with Crippen LogP contribution in [0.2, 0.25) is 0 Å². The minimum absolute atomic E-state index is 0. The molecule has 0 spiro atoms. The number of rotatable bonds is 8. The Hall–Kier alpha value is 1.90. The van der Waals surface area contributed by atoms with Gasteiger partial charge in [-0.1, -0.05) is 27.2 Å². The zero-order valence-electron chi connectivity index (χ0n) is 10.8. The minimum Gasteiger partial charge on any atom is -0.748 e. The van der Waals surface area contributed by atoms with Gasteiger partial charge in [0.25, 0.3) is 0 Å². The van der Waals surface area contributed by atoms with E-state index in [0.29, 0.717) is 6.42 Å². The topological polar surface area (TPSA) is 57.2 Å². The summed E-state index contributed by atoms with van der Waals surface area (Å²) in [6, 6.07) is 0. The van der Waals surface area contributed by atoms with Crippen molar-refractivity contribution in [2.75, 3.05) is 17.3 Å². The van der Waals surface area contributed by atoms with Crippen molar-refractivity contribution in [2.45, 2.75) is 40.0 Å². The van der Waals surface area contributed by atoms with E-state index in [-0.39, 0.29) is 62.6 Å². The fraction of sp³-hybridized carbons (Fsp3) is 1.00. The molecule has 0 amide bonds. The predicted molar refractivity (Wildman–Crippen MR) is 65.2 cm³/mol. The predicted octanol–water partition coefficient (Wildman–Crippen LogP) is -0.515. The van der Waals surface area contributed by atoms with Crippen LogP contribution in [0.4, 0.5) is 0 Å². The molecule has 0 unspecified atom stereocenters. The summed E-state index contributed by atoms with van der Waals surface area (Å²) in [6.45, 7) is 6.49. The Morgan fingerprint density at radius 2 is 1.81 bits per heavy atom. The molecule has 0 bridgehead atoms. The van der Waals surface area contributed by atoms with E-state index in [4.69, 9.17) is 0 Å². The molecule has 0 aromatic rings. The molecule has 92 valence electrons. The van der Waals surface area contributed by atoms with Gasteiger partial charge in [0.2, 0.25) is 0 Å². The zero-order chi connectivity index (χ0) is 11.9. The molecule has 0 aliphatic heterocycles. The fourth-order valence-corrected chi connectivity index (χ4v) is 2.79. The summed E-state index contributed by atoms with van der Waals surface area (Å²) in [7, 11) is -4.01. The molecule has 0 N–H and O–H groups in total. The van der Waals surface area contributed by atoms with Crippen molar-refractivity contribution in [3.8, 4) is 0 Å². The largest absolute Gasteiger partial charge is 1.00 e. The van der Waals surface area contributed by atoms with E-state index >= 15 is 0 Å². The van der Waals surface area contributed by atoms with E-state index < -0.39 is 10.1 Å².